The number of benzene rings is 1. The zero-order valence-corrected chi connectivity index (χ0v) is 11.9. The molecule has 0 bridgehead atoms. The fourth-order valence-electron chi connectivity index (χ4n) is 1.93. The number of amides is 1. The Labute approximate surface area is 116 Å². The summed E-state index contributed by atoms with van der Waals surface area (Å²) < 4.78 is 27.5. The van der Waals surface area contributed by atoms with Crippen molar-refractivity contribution in [3.05, 3.63) is 29.8 Å². The van der Waals surface area contributed by atoms with Gasteiger partial charge >= 0.3 is 0 Å². The van der Waals surface area contributed by atoms with Gasteiger partial charge in [0, 0.05) is 29.4 Å². The predicted molar refractivity (Wildman–Crippen MR) is 70.8 cm³/mol. The molecule has 2 rings (SSSR count). The van der Waals surface area contributed by atoms with Gasteiger partial charge in [-0.3, -0.25) is 4.79 Å². The number of carbonyl (C=O) groups excluding carboxylic acids is 1. The summed E-state index contributed by atoms with van der Waals surface area (Å²) in [6, 6.07) is 5.73. The minimum absolute atomic E-state index is 0.0775. The third kappa shape index (κ3) is 3.46. The van der Waals surface area contributed by atoms with Gasteiger partial charge in [-0.05, 0) is 31.0 Å². The van der Waals surface area contributed by atoms with Crippen LogP contribution in [0.1, 0.15) is 23.2 Å². The van der Waals surface area contributed by atoms with Crippen molar-refractivity contribution in [2.75, 3.05) is 7.11 Å². The monoisotopic (exact) mass is 303 g/mol. The molecule has 104 valence electrons. The van der Waals surface area contributed by atoms with Gasteiger partial charge in [-0.25, -0.2) is 8.42 Å². The lowest BCUT2D eigenvalue weighted by molar-refractivity contribution is 0.0176. The number of ether oxygens (including phenoxy) is 1. The molecule has 0 heterocycles. The SMILES string of the molecule is COC1CC(NC(=O)c2cccc(S(=O)(=O)Cl)c2)C1. The van der Waals surface area contributed by atoms with E-state index in [2.05, 4.69) is 5.32 Å². The Bertz CT molecular complexity index is 581. The second kappa shape index (κ2) is 5.48. The maximum atomic E-state index is 11.9. The van der Waals surface area contributed by atoms with Crippen LogP contribution in [0.3, 0.4) is 0 Å². The Morgan fingerprint density at radius 1 is 1.42 bits per heavy atom. The average Bonchev–Trinajstić information content (AvgIpc) is 2.32. The van der Waals surface area contributed by atoms with E-state index in [1.165, 1.54) is 18.2 Å². The van der Waals surface area contributed by atoms with Gasteiger partial charge in [-0.15, -0.1) is 0 Å². The maximum absolute atomic E-state index is 11.9. The fraction of sp³-hybridized carbons (Fsp3) is 0.417. The molecular formula is C12H14ClNO4S. The molecule has 0 unspecified atom stereocenters. The average molecular weight is 304 g/mol. The Kier molecular flexibility index (Phi) is 4.13. The number of carbonyl (C=O) groups is 1. The van der Waals surface area contributed by atoms with Gasteiger partial charge in [0.15, 0.2) is 0 Å². The van der Waals surface area contributed by atoms with Crippen LogP contribution in [0.5, 0.6) is 0 Å². The van der Waals surface area contributed by atoms with Crippen LogP contribution in [0.4, 0.5) is 0 Å². The molecule has 1 N–H and O–H groups in total. The molecule has 7 heteroatoms. The minimum atomic E-state index is -3.82. The van der Waals surface area contributed by atoms with Crippen molar-refractivity contribution in [3.63, 3.8) is 0 Å². The summed E-state index contributed by atoms with van der Waals surface area (Å²) in [5.41, 5.74) is 0.280. The molecule has 1 aliphatic rings. The van der Waals surface area contributed by atoms with Crippen LogP contribution in [-0.2, 0) is 13.8 Å². The molecule has 1 aromatic carbocycles. The lowest BCUT2D eigenvalue weighted by Gasteiger charge is -2.34. The van der Waals surface area contributed by atoms with Crippen molar-refractivity contribution in [1.82, 2.24) is 5.32 Å². The van der Waals surface area contributed by atoms with Gasteiger partial charge in [-0.1, -0.05) is 6.07 Å². The Balaban J connectivity index is 2.04. The number of hydrogen-bond acceptors (Lipinski definition) is 4. The molecule has 5 nitrogen and oxygen atoms in total. The van der Waals surface area contributed by atoms with E-state index in [1.807, 2.05) is 0 Å². The van der Waals surface area contributed by atoms with Crippen LogP contribution in [0, 0.1) is 0 Å². The van der Waals surface area contributed by atoms with Gasteiger partial charge in [0.1, 0.15) is 0 Å². The summed E-state index contributed by atoms with van der Waals surface area (Å²) in [6.45, 7) is 0. The van der Waals surface area contributed by atoms with Crippen LogP contribution in [0.25, 0.3) is 0 Å². The minimum Gasteiger partial charge on any atom is -0.381 e. The molecule has 0 spiro atoms. The van der Waals surface area contributed by atoms with E-state index in [1.54, 1.807) is 13.2 Å². The molecule has 1 fully saturated rings. The number of nitrogens with one attached hydrogen (secondary N) is 1. The van der Waals surface area contributed by atoms with Crippen molar-refractivity contribution >= 4 is 25.6 Å². The smallest absolute Gasteiger partial charge is 0.261 e. The van der Waals surface area contributed by atoms with Crippen LogP contribution >= 0.6 is 10.7 Å². The van der Waals surface area contributed by atoms with Crippen molar-refractivity contribution in [2.24, 2.45) is 0 Å². The number of hydrogen-bond donors (Lipinski definition) is 1. The Morgan fingerprint density at radius 3 is 2.68 bits per heavy atom. The van der Waals surface area contributed by atoms with E-state index in [0.717, 1.165) is 12.8 Å². The van der Waals surface area contributed by atoms with Crippen LogP contribution in [-0.4, -0.2) is 33.6 Å². The first kappa shape index (κ1) is 14.3. The molecule has 0 radical (unpaired) electrons. The van der Waals surface area contributed by atoms with E-state index in [-0.39, 0.29) is 28.5 Å². The highest BCUT2D eigenvalue weighted by atomic mass is 35.7. The largest absolute Gasteiger partial charge is 0.381 e. The van der Waals surface area contributed by atoms with Crippen LogP contribution < -0.4 is 5.32 Å². The van der Waals surface area contributed by atoms with Crippen molar-refractivity contribution < 1.29 is 17.9 Å². The molecule has 0 aliphatic heterocycles. The van der Waals surface area contributed by atoms with Gasteiger partial charge in [0.25, 0.3) is 15.0 Å². The van der Waals surface area contributed by atoms with Crippen molar-refractivity contribution in [3.8, 4) is 0 Å². The zero-order valence-electron chi connectivity index (χ0n) is 10.3. The second-order valence-electron chi connectivity index (χ2n) is 4.47. The van der Waals surface area contributed by atoms with Crippen molar-refractivity contribution in [2.45, 2.75) is 29.9 Å². The normalized spacial score (nSPS) is 22.6. The number of rotatable bonds is 4. The molecule has 1 saturated carbocycles. The fourth-order valence-corrected chi connectivity index (χ4v) is 2.73. The van der Waals surface area contributed by atoms with E-state index in [9.17, 15) is 13.2 Å². The van der Waals surface area contributed by atoms with Gasteiger partial charge < -0.3 is 10.1 Å². The van der Waals surface area contributed by atoms with E-state index < -0.39 is 9.05 Å². The van der Waals surface area contributed by atoms with Gasteiger partial charge in [0.2, 0.25) is 0 Å². The molecule has 19 heavy (non-hydrogen) atoms. The first-order valence-corrected chi connectivity index (χ1v) is 8.09. The second-order valence-corrected chi connectivity index (χ2v) is 7.03. The summed E-state index contributed by atoms with van der Waals surface area (Å²) in [5.74, 6) is -0.304. The standard InChI is InChI=1S/C12H14ClNO4S/c1-18-10-6-9(7-10)14-12(15)8-3-2-4-11(5-8)19(13,16)17/h2-5,9-10H,6-7H2,1H3,(H,14,15). The summed E-state index contributed by atoms with van der Waals surface area (Å²) in [7, 11) is 3.06. The van der Waals surface area contributed by atoms with Crippen LogP contribution in [0.15, 0.2) is 29.2 Å². The molecule has 0 aromatic heterocycles. The summed E-state index contributed by atoms with van der Waals surface area (Å²) in [6.07, 6.45) is 1.74. The highest BCUT2D eigenvalue weighted by Gasteiger charge is 2.30. The summed E-state index contributed by atoms with van der Waals surface area (Å²) in [4.78, 5) is 11.9. The molecule has 0 atom stereocenters. The topological polar surface area (TPSA) is 72.5 Å². The van der Waals surface area contributed by atoms with E-state index in [0.29, 0.717) is 0 Å². The molecule has 0 saturated heterocycles. The third-order valence-corrected chi connectivity index (χ3v) is 4.49. The van der Waals surface area contributed by atoms with Crippen molar-refractivity contribution in [1.29, 1.82) is 0 Å². The molecule has 1 aromatic rings. The maximum Gasteiger partial charge on any atom is 0.261 e. The Morgan fingerprint density at radius 2 is 2.11 bits per heavy atom. The van der Waals surface area contributed by atoms with Gasteiger partial charge in [-0.2, -0.15) is 0 Å². The predicted octanol–water partition coefficient (Wildman–Crippen LogP) is 1.52. The summed E-state index contributed by atoms with van der Waals surface area (Å²) in [5, 5.41) is 2.82. The highest BCUT2D eigenvalue weighted by Crippen LogP contribution is 2.23. The lowest BCUT2D eigenvalue weighted by Crippen LogP contribution is -2.47. The molecule has 1 aliphatic carbocycles. The first-order chi connectivity index (χ1) is 8.90. The first-order valence-electron chi connectivity index (χ1n) is 5.78. The summed E-state index contributed by atoms with van der Waals surface area (Å²) >= 11 is 0. The number of halogens is 1. The van der Waals surface area contributed by atoms with Gasteiger partial charge in [0.05, 0.1) is 11.0 Å². The third-order valence-electron chi connectivity index (χ3n) is 3.14. The molecular weight excluding hydrogens is 290 g/mol. The Hall–Kier alpha value is -1.11. The highest BCUT2D eigenvalue weighted by molar-refractivity contribution is 8.13. The number of methoxy groups -OCH3 is 1. The van der Waals surface area contributed by atoms with E-state index >= 15 is 0 Å². The zero-order chi connectivity index (χ0) is 14.0. The van der Waals surface area contributed by atoms with E-state index in [4.69, 9.17) is 15.4 Å². The quantitative estimate of drug-likeness (QED) is 0.856. The lowest BCUT2D eigenvalue weighted by atomic mass is 9.89. The van der Waals surface area contributed by atoms with Crippen LogP contribution in [0.2, 0.25) is 0 Å². The molecule has 1 amide bonds.